The van der Waals surface area contributed by atoms with Crippen molar-refractivity contribution in [1.29, 1.82) is 0 Å². The lowest BCUT2D eigenvalue weighted by Gasteiger charge is -2.28. The van der Waals surface area contributed by atoms with Gasteiger partial charge >= 0.3 is 0 Å². The van der Waals surface area contributed by atoms with Crippen LogP contribution in [0.4, 0.5) is 0 Å². The maximum atomic E-state index is 13.3. The van der Waals surface area contributed by atoms with Crippen LogP contribution in [0, 0.1) is 0 Å². The number of hydrogen-bond donors (Lipinski definition) is 1. The molecule has 1 aliphatic heterocycles. The predicted octanol–water partition coefficient (Wildman–Crippen LogP) is 4.92. The van der Waals surface area contributed by atoms with Gasteiger partial charge in [0.1, 0.15) is 11.8 Å². The van der Waals surface area contributed by atoms with E-state index in [2.05, 4.69) is 23.2 Å². The fraction of sp³-hybridized carbons (Fsp3) is 0.125. The highest BCUT2D eigenvalue weighted by Crippen LogP contribution is 2.39. The fourth-order valence-corrected chi connectivity index (χ4v) is 4.12. The molecule has 4 aromatic rings. The molecule has 0 spiro atoms. The first kappa shape index (κ1) is 16.6. The van der Waals surface area contributed by atoms with Crippen LogP contribution in [0.15, 0.2) is 78.9 Å². The van der Waals surface area contributed by atoms with Gasteiger partial charge < -0.3 is 14.6 Å². The smallest absolute Gasteiger partial charge is 0.255 e. The first-order chi connectivity index (χ1) is 13.8. The zero-order valence-corrected chi connectivity index (χ0v) is 15.6. The van der Waals surface area contributed by atoms with Gasteiger partial charge in [0.2, 0.25) is 0 Å². The third kappa shape index (κ3) is 2.57. The maximum Gasteiger partial charge on any atom is 0.255 e. The lowest BCUT2D eigenvalue weighted by Crippen LogP contribution is -2.30. The summed E-state index contributed by atoms with van der Waals surface area (Å²) in [7, 11) is 1.67. The molecule has 1 N–H and O–H groups in total. The number of benzene rings is 3. The number of para-hydroxylation sites is 2. The summed E-state index contributed by atoms with van der Waals surface area (Å²) >= 11 is 0. The van der Waals surface area contributed by atoms with Crippen molar-refractivity contribution in [3.63, 3.8) is 0 Å². The second-order valence-corrected chi connectivity index (χ2v) is 7.05. The van der Waals surface area contributed by atoms with Gasteiger partial charge in [-0.2, -0.15) is 0 Å². The van der Waals surface area contributed by atoms with E-state index in [1.165, 1.54) is 0 Å². The molecule has 28 heavy (non-hydrogen) atoms. The average molecular weight is 368 g/mol. The highest BCUT2D eigenvalue weighted by Gasteiger charge is 2.36. The minimum Gasteiger partial charge on any atom is -0.496 e. The Morgan fingerprint density at radius 1 is 0.964 bits per heavy atom. The summed E-state index contributed by atoms with van der Waals surface area (Å²) in [5.74, 6) is 0.820. The Bertz CT molecular complexity index is 1140. The average Bonchev–Trinajstić information content (AvgIpc) is 3.30. The summed E-state index contributed by atoms with van der Waals surface area (Å²) in [5, 5.41) is 1.13. The van der Waals surface area contributed by atoms with Gasteiger partial charge in [0.05, 0.1) is 7.11 Å². The van der Waals surface area contributed by atoms with Crippen molar-refractivity contribution in [1.82, 2.24) is 9.88 Å². The van der Waals surface area contributed by atoms with Gasteiger partial charge in [-0.1, -0.05) is 54.6 Å². The number of amides is 1. The molecule has 3 aromatic carbocycles. The van der Waals surface area contributed by atoms with E-state index in [-0.39, 0.29) is 11.9 Å². The van der Waals surface area contributed by atoms with Gasteiger partial charge in [0, 0.05) is 28.9 Å². The number of nitrogens with one attached hydrogen (secondary N) is 1. The Morgan fingerprint density at radius 2 is 1.71 bits per heavy atom. The van der Waals surface area contributed by atoms with Crippen LogP contribution in [0.3, 0.4) is 0 Å². The molecule has 0 aliphatic carbocycles. The summed E-state index contributed by atoms with van der Waals surface area (Å²) < 4.78 is 5.64. The number of hydrogen-bond acceptors (Lipinski definition) is 2. The molecule has 5 rings (SSSR count). The summed E-state index contributed by atoms with van der Waals surface area (Å²) in [5.41, 5.74) is 4.84. The third-order valence-electron chi connectivity index (χ3n) is 5.44. The number of aromatic nitrogens is 1. The predicted molar refractivity (Wildman–Crippen MR) is 109 cm³/mol. The molecule has 1 amide bonds. The zero-order chi connectivity index (χ0) is 19.1. The molecule has 0 fully saturated rings. The van der Waals surface area contributed by atoms with Crippen LogP contribution in [0.25, 0.3) is 10.9 Å². The van der Waals surface area contributed by atoms with Gasteiger partial charge in [-0.3, -0.25) is 4.79 Å². The number of rotatable bonds is 4. The van der Waals surface area contributed by atoms with Crippen LogP contribution in [0.2, 0.25) is 0 Å². The minimum atomic E-state index is -0.261. The zero-order valence-electron chi connectivity index (χ0n) is 15.6. The van der Waals surface area contributed by atoms with Crippen LogP contribution >= 0.6 is 0 Å². The Morgan fingerprint density at radius 3 is 2.54 bits per heavy atom. The molecule has 4 nitrogen and oxygen atoms in total. The van der Waals surface area contributed by atoms with Crippen molar-refractivity contribution in [3.05, 3.63) is 101 Å². The molecule has 1 aliphatic rings. The molecular weight excluding hydrogens is 348 g/mol. The van der Waals surface area contributed by atoms with Crippen molar-refractivity contribution in [3.8, 4) is 5.75 Å². The van der Waals surface area contributed by atoms with Crippen molar-refractivity contribution in [2.75, 3.05) is 7.11 Å². The highest BCUT2D eigenvalue weighted by molar-refractivity contribution is 5.99. The van der Waals surface area contributed by atoms with Crippen LogP contribution in [-0.2, 0) is 6.54 Å². The standard InChI is InChI=1S/C24H20N2O2/c1-28-22-13-7-5-11-19(22)23(21-14-16-8-3-6-12-20(16)25-21)26-15-17-9-2-4-10-18(17)24(26)27/h2-14,23,25H,15H2,1H3/t23-/m1/s1. The highest BCUT2D eigenvalue weighted by atomic mass is 16.5. The molecular formula is C24H20N2O2. The van der Waals surface area contributed by atoms with E-state index in [9.17, 15) is 4.79 Å². The quantitative estimate of drug-likeness (QED) is 0.556. The second-order valence-electron chi connectivity index (χ2n) is 7.05. The molecule has 0 saturated carbocycles. The van der Waals surface area contributed by atoms with Gasteiger partial charge in [-0.05, 0) is 35.2 Å². The van der Waals surface area contributed by atoms with Gasteiger partial charge in [0.25, 0.3) is 5.91 Å². The monoisotopic (exact) mass is 368 g/mol. The molecule has 0 saturated heterocycles. The van der Waals surface area contributed by atoms with E-state index >= 15 is 0 Å². The number of methoxy groups -OCH3 is 1. The van der Waals surface area contributed by atoms with Crippen molar-refractivity contribution in [2.24, 2.45) is 0 Å². The molecule has 0 unspecified atom stereocenters. The number of fused-ring (bicyclic) bond motifs is 2. The lowest BCUT2D eigenvalue weighted by atomic mass is 10.0. The van der Waals surface area contributed by atoms with Crippen molar-refractivity contribution < 1.29 is 9.53 Å². The Labute approximate surface area is 163 Å². The van der Waals surface area contributed by atoms with Crippen LogP contribution in [-0.4, -0.2) is 22.9 Å². The number of nitrogens with zero attached hydrogens (tertiary/aromatic N) is 1. The normalized spacial score (nSPS) is 14.3. The molecule has 138 valence electrons. The summed E-state index contributed by atoms with van der Waals surface area (Å²) in [6.07, 6.45) is 0. The first-order valence-corrected chi connectivity index (χ1v) is 9.35. The molecule has 1 atom stereocenters. The Hall–Kier alpha value is -3.53. The molecule has 2 heterocycles. The van der Waals surface area contributed by atoms with E-state index in [0.717, 1.165) is 39.0 Å². The number of H-pyrrole nitrogens is 1. The largest absolute Gasteiger partial charge is 0.496 e. The number of carbonyl (C=O) groups excluding carboxylic acids is 1. The van der Waals surface area contributed by atoms with Gasteiger partial charge in [-0.25, -0.2) is 0 Å². The molecule has 4 heteroatoms. The molecule has 1 aromatic heterocycles. The second kappa shape index (κ2) is 6.57. The third-order valence-corrected chi connectivity index (χ3v) is 5.44. The van der Waals surface area contributed by atoms with Crippen molar-refractivity contribution >= 4 is 16.8 Å². The molecule has 0 radical (unpaired) electrons. The molecule has 0 bridgehead atoms. The topological polar surface area (TPSA) is 45.3 Å². The number of carbonyl (C=O) groups is 1. The summed E-state index contributed by atoms with van der Waals surface area (Å²) in [6.45, 7) is 0.576. The van der Waals surface area contributed by atoms with Gasteiger partial charge in [-0.15, -0.1) is 0 Å². The lowest BCUT2D eigenvalue weighted by molar-refractivity contribution is 0.0727. The van der Waals surface area contributed by atoms with E-state index in [0.29, 0.717) is 6.54 Å². The van der Waals surface area contributed by atoms with Crippen molar-refractivity contribution in [2.45, 2.75) is 12.6 Å². The van der Waals surface area contributed by atoms with E-state index < -0.39 is 0 Å². The van der Waals surface area contributed by atoms with E-state index in [4.69, 9.17) is 4.74 Å². The van der Waals surface area contributed by atoms with Gasteiger partial charge in [0.15, 0.2) is 0 Å². The maximum absolute atomic E-state index is 13.3. The SMILES string of the molecule is COc1ccccc1[C@H](c1cc2ccccc2[nH]1)N1Cc2ccccc2C1=O. The Balaban J connectivity index is 1.68. The fourth-order valence-electron chi connectivity index (χ4n) is 4.12. The first-order valence-electron chi connectivity index (χ1n) is 9.35. The minimum absolute atomic E-state index is 0.0464. The van der Waals surface area contributed by atoms with E-state index in [1.54, 1.807) is 7.11 Å². The summed E-state index contributed by atoms with van der Waals surface area (Å²) in [6, 6.07) is 25.8. The van der Waals surface area contributed by atoms with Crippen LogP contribution in [0.5, 0.6) is 5.75 Å². The van der Waals surface area contributed by atoms with E-state index in [1.807, 2.05) is 65.6 Å². The number of ether oxygens (including phenoxy) is 1. The van der Waals surface area contributed by atoms with Crippen LogP contribution in [0.1, 0.15) is 33.2 Å². The number of aromatic amines is 1. The Kier molecular flexibility index (Phi) is 3.90. The summed E-state index contributed by atoms with van der Waals surface area (Å²) in [4.78, 5) is 18.7. The van der Waals surface area contributed by atoms with Crippen LogP contribution < -0.4 is 4.74 Å².